The fourth-order valence-corrected chi connectivity index (χ4v) is 3.74. The molecule has 5 nitrogen and oxygen atoms in total. The van der Waals surface area contributed by atoms with Crippen molar-refractivity contribution in [2.24, 2.45) is 7.05 Å². The van der Waals surface area contributed by atoms with Crippen LogP contribution < -0.4 is 11.2 Å². The van der Waals surface area contributed by atoms with E-state index in [9.17, 15) is 14.0 Å². The summed E-state index contributed by atoms with van der Waals surface area (Å²) in [6.45, 7) is 1.93. The molecule has 0 N–H and O–H groups in total. The first-order valence-corrected chi connectivity index (χ1v) is 9.85. The molecule has 0 saturated carbocycles. The van der Waals surface area contributed by atoms with Crippen molar-refractivity contribution in [2.45, 2.75) is 19.5 Å². The Morgan fingerprint density at radius 2 is 1.77 bits per heavy atom. The van der Waals surface area contributed by atoms with Crippen LogP contribution in [0, 0.1) is 17.7 Å². The maximum atomic E-state index is 13.1. The van der Waals surface area contributed by atoms with E-state index in [0.717, 1.165) is 23.4 Å². The lowest BCUT2D eigenvalue weighted by atomic mass is 10.1. The molecule has 0 spiro atoms. The number of aromatic nitrogens is 2. The first kappa shape index (κ1) is 19.9. The van der Waals surface area contributed by atoms with Crippen LogP contribution in [-0.2, 0) is 26.6 Å². The minimum Gasteiger partial charge on any atom is -0.300 e. The number of nitrogens with zero attached hydrogens (tertiary/aromatic N) is 3. The van der Waals surface area contributed by atoms with Gasteiger partial charge in [-0.2, -0.15) is 0 Å². The Kier molecular flexibility index (Phi) is 5.64. The van der Waals surface area contributed by atoms with Crippen LogP contribution in [0.2, 0.25) is 0 Å². The Bertz CT molecular complexity index is 1230. The van der Waals surface area contributed by atoms with Crippen molar-refractivity contribution in [3.63, 3.8) is 0 Å². The Morgan fingerprint density at radius 3 is 2.50 bits per heavy atom. The second-order valence-electron chi connectivity index (χ2n) is 7.41. The van der Waals surface area contributed by atoms with Crippen molar-refractivity contribution in [2.75, 3.05) is 13.1 Å². The summed E-state index contributed by atoms with van der Waals surface area (Å²) in [5.74, 6) is 5.84. The molecule has 30 heavy (non-hydrogen) atoms. The zero-order valence-corrected chi connectivity index (χ0v) is 16.8. The van der Waals surface area contributed by atoms with Gasteiger partial charge in [-0.15, -0.1) is 0 Å². The molecular weight excluding hydrogens is 381 g/mol. The third-order valence-corrected chi connectivity index (χ3v) is 5.38. The van der Waals surface area contributed by atoms with Gasteiger partial charge in [0, 0.05) is 37.8 Å². The average molecular weight is 403 g/mol. The topological polar surface area (TPSA) is 47.2 Å². The summed E-state index contributed by atoms with van der Waals surface area (Å²) in [5, 5.41) is 0. The Labute approximate surface area is 174 Å². The summed E-state index contributed by atoms with van der Waals surface area (Å²) >= 11 is 0. The first-order chi connectivity index (χ1) is 14.5. The zero-order chi connectivity index (χ0) is 21.1. The number of benzene rings is 2. The Morgan fingerprint density at radius 1 is 1.03 bits per heavy atom. The zero-order valence-electron chi connectivity index (χ0n) is 16.8. The molecule has 0 amide bonds. The van der Waals surface area contributed by atoms with Gasteiger partial charge in [0.1, 0.15) is 5.82 Å². The molecule has 0 aliphatic carbocycles. The van der Waals surface area contributed by atoms with Crippen LogP contribution >= 0.6 is 0 Å². The molecule has 0 atom stereocenters. The largest absolute Gasteiger partial charge is 0.331 e. The van der Waals surface area contributed by atoms with Gasteiger partial charge in [-0.05, 0) is 29.8 Å². The van der Waals surface area contributed by atoms with Gasteiger partial charge >= 0.3 is 5.69 Å². The van der Waals surface area contributed by atoms with Crippen molar-refractivity contribution in [1.82, 2.24) is 14.0 Å². The fourth-order valence-electron chi connectivity index (χ4n) is 3.74. The van der Waals surface area contributed by atoms with Crippen molar-refractivity contribution >= 4 is 0 Å². The predicted molar refractivity (Wildman–Crippen MR) is 114 cm³/mol. The van der Waals surface area contributed by atoms with E-state index in [1.807, 2.05) is 30.3 Å². The summed E-state index contributed by atoms with van der Waals surface area (Å²) < 4.78 is 15.9. The van der Waals surface area contributed by atoms with Crippen LogP contribution in [0.5, 0.6) is 0 Å². The second-order valence-corrected chi connectivity index (χ2v) is 7.41. The van der Waals surface area contributed by atoms with Gasteiger partial charge < -0.3 is 4.57 Å². The monoisotopic (exact) mass is 403 g/mol. The van der Waals surface area contributed by atoms with Crippen LogP contribution in [0.4, 0.5) is 4.39 Å². The predicted octanol–water partition coefficient (Wildman–Crippen LogP) is 2.14. The van der Waals surface area contributed by atoms with Crippen LogP contribution in [0.25, 0.3) is 0 Å². The number of hydrogen-bond acceptors (Lipinski definition) is 3. The molecule has 0 saturated heterocycles. The molecular formula is C24H22FN3O2. The molecule has 4 rings (SSSR count). The van der Waals surface area contributed by atoms with E-state index >= 15 is 0 Å². The Hall–Kier alpha value is -3.43. The lowest BCUT2D eigenvalue weighted by Crippen LogP contribution is -2.47. The quantitative estimate of drug-likeness (QED) is 0.630. The molecule has 3 aromatic rings. The third kappa shape index (κ3) is 4.12. The van der Waals surface area contributed by atoms with E-state index in [-0.39, 0.29) is 23.6 Å². The van der Waals surface area contributed by atoms with Crippen LogP contribution in [0.3, 0.4) is 0 Å². The molecule has 0 bridgehead atoms. The second kappa shape index (κ2) is 8.52. The normalized spacial score (nSPS) is 13.4. The van der Waals surface area contributed by atoms with Crippen molar-refractivity contribution in [1.29, 1.82) is 0 Å². The standard InChI is InChI=1S/C24H22FN3O2/c1-26-22-13-15-27(14-5-8-18-9-11-20(25)12-10-18)17-21(22)23(29)28(24(26)30)16-19-6-3-2-4-7-19/h2-4,6-7,9-12H,13-17H2,1H3. The summed E-state index contributed by atoms with van der Waals surface area (Å²) in [6, 6.07) is 15.6. The van der Waals surface area contributed by atoms with Gasteiger partial charge in [0.15, 0.2) is 0 Å². The number of fused-ring (bicyclic) bond motifs is 1. The molecule has 1 aromatic heterocycles. The molecule has 0 unspecified atom stereocenters. The SMILES string of the molecule is Cn1c2c(c(=O)n(Cc3ccccc3)c1=O)CN(CC#Cc1ccc(F)cc1)CC2. The van der Waals surface area contributed by atoms with Gasteiger partial charge in [-0.1, -0.05) is 42.2 Å². The van der Waals surface area contributed by atoms with Gasteiger partial charge in [-0.25, -0.2) is 9.18 Å². The van der Waals surface area contributed by atoms with E-state index in [1.165, 1.54) is 16.7 Å². The third-order valence-electron chi connectivity index (χ3n) is 5.38. The lowest BCUT2D eigenvalue weighted by molar-refractivity contribution is 0.275. The van der Waals surface area contributed by atoms with Crippen molar-refractivity contribution in [3.05, 3.63) is 104 Å². The van der Waals surface area contributed by atoms with Gasteiger partial charge in [0.25, 0.3) is 5.56 Å². The highest BCUT2D eigenvalue weighted by Crippen LogP contribution is 2.14. The van der Waals surface area contributed by atoms with Gasteiger partial charge in [0.2, 0.25) is 0 Å². The summed E-state index contributed by atoms with van der Waals surface area (Å²) in [7, 11) is 1.73. The molecule has 0 radical (unpaired) electrons. The smallest absolute Gasteiger partial charge is 0.300 e. The molecule has 0 fully saturated rings. The highest BCUT2D eigenvalue weighted by atomic mass is 19.1. The number of rotatable bonds is 3. The average Bonchev–Trinajstić information content (AvgIpc) is 2.77. The molecule has 2 aromatic carbocycles. The summed E-state index contributed by atoms with van der Waals surface area (Å²) in [4.78, 5) is 28.0. The van der Waals surface area contributed by atoms with Crippen LogP contribution in [-0.4, -0.2) is 27.1 Å². The van der Waals surface area contributed by atoms with E-state index in [4.69, 9.17) is 0 Å². The van der Waals surface area contributed by atoms with E-state index < -0.39 is 0 Å². The highest BCUT2D eigenvalue weighted by molar-refractivity contribution is 5.34. The number of hydrogen-bond donors (Lipinski definition) is 0. The van der Waals surface area contributed by atoms with Gasteiger partial charge in [-0.3, -0.25) is 14.3 Å². The minimum absolute atomic E-state index is 0.229. The summed E-state index contributed by atoms with van der Waals surface area (Å²) in [6.07, 6.45) is 0.626. The van der Waals surface area contributed by atoms with E-state index in [1.54, 1.807) is 23.7 Å². The maximum Gasteiger partial charge on any atom is 0.331 e. The van der Waals surface area contributed by atoms with Crippen LogP contribution in [0.15, 0.2) is 64.2 Å². The van der Waals surface area contributed by atoms with Crippen molar-refractivity contribution < 1.29 is 4.39 Å². The highest BCUT2D eigenvalue weighted by Gasteiger charge is 2.23. The fraction of sp³-hybridized carbons (Fsp3) is 0.250. The summed E-state index contributed by atoms with van der Waals surface area (Å²) in [5.41, 5.74) is 2.61. The first-order valence-electron chi connectivity index (χ1n) is 9.85. The van der Waals surface area contributed by atoms with Gasteiger partial charge in [0.05, 0.1) is 18.7 Å². The molecule has 1 aliphatic rings. The molecule has 1 aliphatic heterocycles. The molecule has 6 heteroatoms. The minimum atomic E-state index is -0.286. The van der Waals surface area contributed by atoms with E-state index in [2.05, 4.69) is 16.7 Å². The molecule has 2 heterocycles. The lowest BCUT2D eigenvalue weighted by Gasteiger charge is -2.28. The maximum absolute atomic E-state index is 13.1. The molecule has 152 valence electrons. The Balaban J connectivity index is 1.57. The number of halogens is 1. The van der Waals surface area contributed by atoms with Crippen LogP contribution in [0.1, 0.15) is 22.4 Å². The van der Waals surface area contributed by atoms with E-state index in [0.29, 0.717) is 25.1 Å². The van der Waals surface area contributed by atoms with Crippen molar-refractivity contribution in [3.8, 4) is 11.8 Å².